The molecule has 2 amide bonds. The molecule has 3 rings (SSSR count). The molecule has 1 unspecified atom stereocenters. The molecule has 2 aromatic rings. The van der Waals surface area contributed by atoms with E-state index in [0.29, 0.717) is 6.42 Å². The van der Waals surface area contributed by atoms with E-state index in [9.17, 15) is 14.7 Å². The SMILES string of the molecule is Cc1cc(O)cc(C)c1CC(N)C(=O)N[C@H](C)C(=O)NC1Cc2ccccc2C1. The lowest BCUT2D eigenvalue weighted by Crippen LogP contribution is -2.52. The molecule has 0 aromatic heterocycles. The second-order valence-electron chi connectivity index (χ2n) is 7.98. The number of nitrogens with two attached hydrogens (primary N) is 1. The van der Waals surface area contributed by atoms with Crippen LogP contribution in [0.15, 0.2) is 36.4 Å². The first-order valence-corrected chi connectivity index (χ1v) is 9.96. The number of aryl methyl sites for hydroxylation is 2. The number of benzene rings is 2. The Labute approximate surface area is 171 Å². The third-order valence-corrected chi connectivity index (χ3v) is 5.59. The minimum Gasteiger partial charge on any atom is -0.508 e. The second-order valence-corrected chi connectivity index (χ2v) is 7.98. The fraction of sp³-hybridized carbons (Fsp3) is 0.391. The molecule has 0 saturated heterocycles. The van der Waals surface area contributed by atoms with Gasteiger partial charge in [0.05, 0.1) is 6.04 Å². The molecule has 2 atom stereocenters. The molecule has 0 saturated carbocycles. The number of rotatable bonds is 6. The van der Waals surface area contributed by atoms with Gasteiger partial charge in [0.1, 0.15) is 11.8 Å². The van der Waals surface area contributed by atoms with Crippen LogP contribution in [-0.4, -0.2) is 35.0 Å². The smallest absolute Gasteiger partial charge is 0.242 e. The van der Waals surface area contributed by atoms with Gasteiger partial charge in [-0.1, -0.05) is 24.3 Å². The van der Waals surface area contributed by atoms with Crippen molar-refractivity contribution in [1.29, 1.82) is 0 Å². The van der Waals surface area contributed by atoms with Crippen molar-refractivity contribution >= 4 is 11.8 Å². The zero-order valence-electron chi connectivity index (χ0n) is 17.2. The molecule has 6 heteroatoms. The van der Waals surface area contributed by atoms with E-state index < -0.39 is 12.1 Å². The van der Waals surface area contributed by atoms with Crippen molar-refractivity contribution in [3.05, 3.63) is 64.2 Å². The van der Waals surface area contributed by atoms with Gasteiger partial charge in [0, 0.05) is 6.04 Å². The number of hydrogen-bond donors (Lipinski definition) is 4. The summed E-state index contributed by atoms with van der Waals surface area (Å²) in [6.45, 7) is 5.42. The summed E-state index contributed by atoms with van der Waals surface area (Å²) in [5.74, 6) is -0.379. The lowest BCUT2D eigenvalue weighted by molar-refractivity contribution is -0.129. The van der Waals surface area contributed by atoms with Crippen molar-refractivity contribution in [2.75, 3.05) is 0 Å². The molecule has 1 aliphatic carbocycles. The van der Waals surface area contributed by atoms with E-state index in [0.717, 1.165) is 29.5 Å². The van der Waals surface area contributed by atoms with Gasteiger partial charge in [0.15, 0.2) is 0 Å². The summed E-state index contributed by atoms with van der Waals surface area (Å²) in [5, 5.41) is 15.4. The lowest BCUT2D eigenvalue weighted by atomic mass is 9.96. The van der Waals surface area contributed by atoms with Crippen LogP contribution < -0.4 is 16.4 Å². The minimum atomic E-state index is -0.775. The fourth-order valence-corrected chi connectivity index (χ4v) is 3.98. The predicted molar refractivity (Wildman–Crippen MR) is 113 cm³/mol. The van der Waals surface area contributed by atoms with Gasteiger partial charge in [0.2, 0.25) is 11.8 Å². The Morgan fingerprint density at radius 1 is 1.10 bits per heavy atom. The number of amides is 2. The Bertz CT molecular complexity index is 877. The summed E-state index contributed by atoms with van der Waals surface area (Å²) in [5.41, 5.74) is 11.3. The maximum atomic E-state index is 12.5. The van der Waals surface area contributed by atoms with E-state index >= 15 is 0 Å². The Balaban J connectivity index is 1.53. The number of aromatic hydroxyl groups is 1. The molecular weight excluding hydrogens is 366 g/mol. The quantitative estimate of drug-likeness (QED) is 0.597. The molecule has 5 N–H and O–H groups in total. The summed E-state index contributed by atoms with van der Waals surface area (Å²) in [4.78, 5) is 25.0. The van der Waals surface area contributed by atoms with Gasteiger partial charge in [-0.25, -0.2) is 0 Å². The average Bonchev–Trinajstić information content (AvgIpc) is 3.06. The normalized spacial score (nSPS) is 15.4. The second kappa shape index (κ2) is 8.66. The molecule has 2 aromatic carbocycles. The molecular formula is C23H29N3O3. The molecule has 154 valence electrons. The topological polar surface area (TPSA) is 104 Å². The van der Waals surface area contributed by atoms with Gasteiger partial charge >= 0.3 is 0 Å². The third kappa shape index (κ3) is 4.95. The summed E-state index contributed by atoms with van der Waals surface area (Å²) < 4.78 is 0. The van der Waals surface area contributed by atoms with Gasteiger partial charge < -0.3 is 21.5 Å². The maximum Gasteiger partial charge on any atom is 0.242 e. The highest BCUT2D eigenvalue weighted by Crippen LogP contribution is 2.22. The molecule has 0 aliphatic heterocycles. The van der Waals surface area contributed by atoms with Gasteiger partial charge in [0.25, 0.3) is 0 Å². The Kier molecular flexibility index (Phi) is 6.23. The van der Waals surface area contributed by atoms with E-state index in [1.807, 2.05) is 26.0 Å². The van der Waals surface area contributed by atoms with Crippen molar-refractivity contribution in [1.82, 2.24) is 10.6 Å². The summed E-state index contributed by atoms with van der Waals surface area (Å²) in [6, 6.07) is 10.1. The highest BCUT2D eigenvalue weighted by Gasteiger charge is 2.26. The number of carbonyl (C=O) groups is 2. The van der Waals surface area contributed by atoms with Crippen LogP contribution in [0.4, 0.5) is 0 Å². The van der Waals surface area contributed by atoms with E-state index in [2.05, 4.69) is 22.8 Å². The largest absolute Gasteiger partial charge is 0.508 e. The number of phenolic OH excluding ortho intramolecular Hbond substituents is 1. The van der Waals surface area contributed by atoms with Crippen LogP contribution in [0.2, 0.25) is 0 Å². The molecule has 0 bridgehead atoms. The standard InChI is InChI=1S/C23H29N3O3/c1-13-8-19(27)9-14(2)20(13)12-21(24)23(29)25-15(3)22(28)26-18-10-16-6-4-5-7-17(16)11-18/h4-9,15,18,21,27H,10-12,24H2,1-3H3,(H,25,29)(H,26,28)/t15-,21?/m1/s1. The van der Waals surface area contributed by atoms with Crippen molar-refractivity contribution < 1.29 is 14.7 Å². The van der Waals surface area contributed by atoms with E-state index in [1.165, 1.54) is 11.1 Å². The summed E-state index contributed by atoms with van der Waals surface area (Å²) in [7, 11) is 0. The van der Waals surface area contributed by atoms with Gasteiger partial charge in [-0.05, 0) is 80.0 Å². The van der Waals surface area contributed by atoms with E-state index in [-0.39, 0.29) is 23.6 Å². The fourth-order valence-electron chi connectivity index (χ4n) is 3.98. The first kappa shape index (κ1) is 20.9. The Morgan fingerprint density at radius 3 is 2.21 bits per heavy atom. The minimum absolute atomic E-state index is 0.0511. The Morgan fingerprint density at radius 2 is 1.66 bits per heavy atom. The lowest BCUT2D eigenvalue weighted by Gasteiger charge is -2.20. The van der Waals surface area contributed by atoms with Crippen molar-refractivity contribution in [2.24, 2.45) is 5.73 Å². The van der Waals surface area contributed by atoms with Crippen LogP contribution in [0.5, 0.6) is 5.75 Å². The van der Waals surface area contributed by atoms with Crippen molar-refractivity contribution in [2.45, 2.75) is 58.2 Å². The molecule has 0 heterocycles. The monoisotopic (exact) mass is 395 g/mol. The van der Waals surface area contributed by atoms with Gasteiger partial charge in [-0.3, -0.25) is 9.59 Å². The third-order valence-electron chi connectivity index (χ3n) is 5.59. The molecule has 6 nitrogen and oxygen atoms in total. The zero-order chi connectivity index (χ0) is 21.1. The first-order valence-electron chi connectivity index (χ1n) is 9.96. The zero-order valence-corrected chi connectivity index (χ0v) is 17.2. The van der Waals surface area contributed by atoms with Crippen molar-refractivity contribution in [3.8, 4) is 5.75 Å². The van der Waals surface area contributed by atoms with Crippen LogP contribution in [0, 0.1) is 13.8 Å². The summed E-state index contributed by atoms with van der Waals surface area (Å²) >= 11 is 0. The molecule has 29 heavy (non-hydrogen) atoms. The van der Waals surface area contributed by atoms with Gasteiger partial charge in [-0.2, -0.15) is 0 Å². The number of carbonyl (C=O) groups excluding carboxylic acids is 2. The number of fused-ring (bicyclic) bond motifs is 1. The number of hydrogen-bond acceptors (Lipinski definition) is 4. The van der Waals surface area contributed by atoms with Crippen LogP contribution in [0.3, 0.4) is 0 Å². The van der Waals surface area contributed by atoms with Crippen LogP contribution in [-0.2, 0) is 28.9 Å². The number of phenols is 1. The van der Waals surface area contributed by atoms with Crippen LogP contribution in [0.1, 0.15) is 34.7 Å². The average molecular weight is 396 g/mol. The first-order chi connectivity index (χ1) is 13.7. The van der Waals surface area contributed by atoms with Gasteiger partial charge in [-0.15, -0.1) is 0 Å². The van der Waals surface area contributed by atoms with Crippen molar-refractivity contribution in [3.63, 3.8) is 0 Å². The summed E-state index contributed by atoms with van der Waals surface area (Å²) in [6.07, 6.45) is 1.96. The molecule has 1 aliphatic rings. The van der Waals surface area contributed by atoms with E-state index in [1.54, 1.807) is 19.1 Å². The number of nitrogens with one attached hydrogen (secondary N) is 2. The molecule has 0 spiro atoms. The highest BCUT2D eigenvalue weighted by atomic mass is 16.3. The molecule has 0 fully saturated rings. The van der Waals surface area contributed by atoms with Crippen LogP contribution >= 0.6 is 0 Å². The molecule has 0 radical (unpaired) electrons. The highest BCUT2D eigenvalue weighted by molar-refractivity contribution is 5.89. The van der Waals surface area contributed by atoms with E-state index in [4.69, 9.17) is 5.73 Å². The van der Waals surface area contributed by atoms with Crippen LogP contribution in [0.25, 0.3) is 0 Å². The Hall–Kier alpha value is -2.86. The maximum absolute atomic E-state index is 12.5. The predicted octanol–water partition coefficient (Wildman–Crippen LogP) is 1.67.